The van der Waals surface area contributed by atoms with E-state index in [1.165, 1.54) is 6.33 Å². The van der Waals surface area contributed by atoms with Gasteiger partial charge >= 0.3 is 0 Å². The number of nitrogens with one attached hydrogen (secondary N) is 1. The highest BCUT2D eigenvalue weighted by atomic mass is 16.5. The van der Waals surface area contributed by atoms with Gasteiger partial charge in [0.05, 0.1) is 18.5 Å². The number of methoxy groups -OCH3 is 1. The molecule has 1 aromatic rings. The standard InChI is InChI=1S/C9H16N4O/c1-7(5-14-2)3-12-9-8(10)4-11-6-13-9/h4,6-7H,3,5,10H2,1-2H3,(H,11,12,13). The van der Waals surface area contributed by atoms with Crippen molar-refractivity contribution >= 4 is 11.5 Å². The molecule has 78 valence electrons. The summed E-state index contributed by atoms with van der Waals surface area (Å²) < 4.78 is 5.02. The number of nitrogens with two attached hydrogens (primary N) is 1. The fraction of sp³-hybridized carbons (Fsp3) is 0.556. The van der Waals surface area contributed by atoms with Crippen LogP contribution in [0.25, 0.3) is 0 Å². The van der Waals surface area contributed by atoms with Gasteiger partial charge in [-0.15, -0.1) is 0 Å². The second kappa shape index (κ2) is 5.39. The molecular formula is C9H16N4O. The highest BCUT2D eigenvalue weighted by Gasteiger charge is 2.03. The number of hydrogen-bond acceptors (Lipinski definition) is 5. The van der Waals surface area contributed by atoms with Crippen molar-refractivity contribution in [1.82, 2.24) is 9.97 Å². The minimum absolute atomic E-state index is 0.425. The van der Waals surface area contributed by atoms with E-state index in [4.69, 9.17) is 10.5 Å². The molecule has 14 heavy (non-hydrogen) atoms. The van der Waals surface area contributed by atoms with Gasteiger partial charge in [-0.05, 0) is 5.92 Å². The van der Waals surface area contributed by atoms with Crippen LogP contribution in [0, 0.1) is 5.92 Å². The number of hydrogen-bond donors (Lipinski definition) is 2. The molecule has 0 bridgehead atoms. The molecule has 5 nitrogen and oxygen atoms in total. The number of ether oxygens (including phenoxy) is 1. The fourth-order valence-corrected chi connectivity index (χ4v) is 1.10. The largest absolute Gasteiger partial charge is 0.394 e. The third-order valence-electron chi connectivity index (χ3n) is 1.81. The van der Waals surface area contributed by atoms with E-state index in [2.05, 4.69) is 22.2 Å². The molecule has 0 amide bonds. The molecule has 0 aliphatic rings. The van der Waals surface area contributed by atoms with Gasteiger partial charge in [-0.1, -0.05) is 6.92 Å². The molecule has 0 spiro atoms. The third kappa shape index (κ3) is 3.18. The molecule has 1 atom stereocenters. The highest BCUT2D eigenvalue weighted by molar-refractivity contribution is 5.58. The molecule has 0 saturated carbocycles. The lowest BCUT2D eigenvalue weighted by molar-refractivity contribution is 0.164. The van der Waals surface area contributed by atoms with Gasteiger partial charge in [0.25, 0.3) is 0 Å². The predicted molar refractivity (Wildman–Crippen MR) is 56.0 cm³/mol. The Hall–Kier alpha value is -1.36. The molecule has 0 aliphatic carbocycles. The number of rotatable bonds is 5. The Morgan fingerprint density at radius 3 is 3.07 bits per heavy atom. The highest BCUT2D eigenvalue weighted by Crippen LogP contribution is 2.11. The summed E-state index contributed by atoms with van der Waals surface area (Å²) in [5.41, 5.74) is 6.23. The van der Waals surface area contributed by atoms with Crippen LogP contribution in [0.15, 0.2) is 12.5 Å². The van der Waals surface area contributed by atoms with Crippen LogP contribution >= 0.6 is 0 Å². The Labute approximate surface area is 83.7 Å². The van der Waals surface area contributed by atoms with Crippen LogP contribution in [0.3, 0.4) is 0 Å². The van der Waals surface area contributed by atoms with Gasteiger partial charge < -0.3 is 15.8 Å². The van der Waals surface area contributed by atoms with E-state index in [1.807, 2.05) is 0 Å². The minimum atomic E-state index is 0.425. The summed E-state index contributed by atoms with van der Waals surface area (Å²) in [5.74, 6) is 1.11. The van der Waals surface area contributed by atoms with Crippen LogP contribution in [-0.2, 0) is 4.74 Å². The maximum atomic E-state index is 5.66. The summed E-state index contributed by atoms with van der Waals surface area (Å²) in [7, 11) is 1.69. The molecule has 0 saturated heterocycles. The zero-order valence-corrected chi connectivity index (χ0v) is 8.53. The Morgan fingerprint density at radius 1 is 1.64 bits per heavy atom. The van der Waals surface area contributed by atoms with Crippen molar-refractivity contribution in [3.63, 3.8) is 0 Å². The van der Waals surface area contributed by atoms with Crippen LogP contribution in [0.1, 0.15) is 6.92 Å². The van der Waals surface area contributed by atoms with Crippen molar-refractivity contribution < 1.29 is 4.74 Å². The summed E-state index contributed by atoms with van der Waals surface area (Å²) in [4.78, 5) is 7.83. The molecule has 1 rings (SSSR count). The van der Waals surface area contributed by atoms with E-state index in [1.54, 1.807) is 13.3 Å². The van der Waals surface area contributed by atoms with Crippen molar-refractivity contribution in [2.75, 3.05) is 31.3 Å². The first-order valence-electron chi connectivity index (χ1n) is 4.52. The van der Waals surface area contributed by atoms with Gasteiger partial charge in [0, 0.05) is 13.7 Å². The number of nitrogens with zero attached hydrogens (tertiary/aromatic N) is 2. The normalized spacial score (nSPS) is 12.4. The zero-order valence-electron chi connectivity index (χ0n) is 8.53. The van der Waals surface area contributed by atoms with Crippen molar-refractivity contribution in [1.29, 1.82) is 0 Å². The van der Waals surface area contributed by atoms with Crippen molar-refractivity contribution in [2.24, 2.45) is 5.92 Å². The van der Waals surface area contributed by atoms with Gasteiger partial charge in [0.15, 0.2) is 5.82 Å². The average molecular weight is 196 g/mol. The maximum absolute atomic E-state index is 5.66. The molecule has 0 aromatic carbocycles. The van der Waals surface area contributed by atoms with Gasteiger partial charge in [0.2, 0.25) is 0 Å². The van der Waals surface area contributed by atoms with Crippen molar-refractivity contribution in [3.8, 4) is 0 Å². The average Bonchev–Trinajstić information content (AvgIpc) is 2.17. The lowest BCUT2D eigenvalue weighted by Crippen LogP contribution is -2.17. The molecule has 0 radical (unpaired) electrons. The molecule has 0 aliphatic heterocycles. The smallest absolute Gasteiger partial charge is 0.152 e. The van der Waals surface area contributed by atoms with Crippen LogP contribution in [0.2, 0.25) is 0 Å². The monoisotopic (exact) mass is 196 g/mol. The second-order valence-electron chi connectivity index (χ2n) is 3.27. The first-order chi connectivity index (χ1) is 6.74. The Balaban J connectivity index is 2.41. The molecular weight excluding hydrogens is 180 g/mol. The van der Waals surface area contributed by atoms with Crippen LogP contribution in [0.4, 0.5) is 11.5 Å². The molecule has 3 N–H and O–H groups in total. The molecule has 1 aromatic heterocycles. The number of nitrogen functional groups attached to an aromatic ring is 1. The van der Waals surface area contributed by atoms with Crippen molar-refractivity contribution in [2.45, 2.75) is 6.92 Å². The minimum Gasteiger partial charge on any atom is -0.394 e. The van der Waals surface area contributed by atoms with Gasteiger partial charge in [0.1, 0.15) is 6.33 Å². The van der Waals surface area contributed by atoms with Gasteiger partial charge in [-0.3, -0.25) is 0 Å². The van der Waals surface area contributed by atoms with Crippen LogP contribution < -0.4 is 11.1 Å². The van der Waals surface area contributed by atoms with E-state index < -0.39 is 0 Å². The van der Waals surface area contributed by atoms with Crippen LogP contribution in [0.5, 0.6) is 0 Å². The molecule has 1 unspecified atom stereocenters. The molecule has 5 heteroatoms. The Morgan fingerprint density at radius 2 is 2.43 bits per heavy atom. The quantitative estimate of drug-likeness (QED) is 0.727. The summed E-state index contributed by atoms with van der Waals surface area (Å²) in [6, 6.07) is 0. The van der Waals surface area contributed by atoms with Crippen LogP contribution in [-0.4, -0.2) is 30.2 Å². The zero-order chi connectivity index (χ0) is 10.4. The second-order valence-corrected chi connectivity index (χ2v) is 3.27. The van der Waals surface area contributed by atoms with Crippen molar-refractivity contribution in [3.05, 3.63) is 12.5 Å². The summed E-state index contributed by atoms with van der Waals surface area (Å²) >= 11 is 0. The molecule has 1 heterocycles. The molecule has 0 fully saturated rings. The van der Waals surface area contributed by atoms with E-state index >= 15 is 0 Å². The number of anilines is 2. The maximum Gasteiger partial charge on any atom is 0.152 e. The SMILES string of the molecule is COCC(C)CNc1ncncc1N. The van der Waals surface area contributed by atoms with E-state index in [0.717, 1.165) is 13.2 Å². The third-order valence-corrected chi connectivity index (χ3v) is 1.81. The lowest BCUT2D eigenvalue weighted by Gasteiger charge is -2.12. The Bertz CT molecular complexity index is 279. The summed E-state index contributed by atoms with van der Waals surface area (Å²) in [5, 5.41) is 3.14. The lowest BCUT2D eigenvalue weighted by atomic mass is 10.2. The fourth-order valence-electron chi connectivity index (χ4n) is 1.10. The summed E-state index contributed by atoms with van der Waals surface area (Å²) in [6.45, 7) is 3.60. The van der Waals surface area contributed by atoms with Gasteiger partial charge in [-0.25, -0.2) is 9.97 Å². The predicted octanol–water partition coefficient (Wildman–Crippen LogP) is 0.753. The van der Waals surface area contributed by atoms with E-state index in [9.17, 15) is 0 Å². The Kier molecular flexibility index (Phi) is 4.12. The first-order valence-corrected chi connectivity index (χ1v) is 4.52. The van der Waals surface area contributed by atoms with E-state index in [0.29, 0.717) is 17.4 Å². The summed E-state index contributed by atoms with van der Waals surface area (Å²) in [6.07, 6.45) is 3.05. The van der Waals surface area contributed by atoms with E-state index in [-0.39, 0.29) is 0 Å². The first kappa shape index (κ1) is 10.7. The van der Waals surface area contributed by atoms with Gasteiger partial charge in [-0.2, -0.15) is 0 Å². The number of aromatic nitrogens is 2. The topological polar surface area (TPSA) is 73.1 Å².